The molecule has 0 aromatic rings. The van der Waals surface area contributed by atoms with E-state index in [2.05, 4.69) is 23.6 Å². The van der Waals surface area contributed by atoms with E-state index in [1.54, 1.807) is 0 Å². The molecule has 1 heterocycles. The molecule has 3 nitrogen and oxygen atoms in total. The highest BCUT2D eigenvalue weighted by Gasteiger charge is 2.22. The minimum absolute atomic E-state index is 0.194. The van der Waals surface area contributed by atoms with Crippen LogP contribution in [0.25, 0.3) is 0 Å². The van der Waals surface area contributed by atoms with E-state index in [1.807, 2.05) is 6.92 Å². The summed E-state index contributed by atoms with van der Waals surface area (Å²) in [6, 6.07) is 0.637. The minimum Gasteiger partial charge on any atom is -0.392 e. The number of piperazine rings is 1. The zero-order valence-electron chi connectivity index (χ0n) is 9.03. The van der Waals surface area contributed by atoms with Gasteiger partial charge in [-0.1, -0.05) is 6.92 Å². The van der Waals surface area contributed by atoms with Crippen molar-refractivity contribution in [3.8, 4) is 0 Å². The molecule has 2 atom stereocenters. The van der Waals surface area contributed by atoms with E-state index in [1.165, 1.54) is 0 Å². The number of rotatable bonds is 3. The molecule has 0 spiro atoms. The number of hydrogen-bond acceptors (Lipinski definition) is 3. The van der Waals surface area contributed by atoms with Crippen LogP contribution < -0.4 is 0 Å². The average molecular weight is 186 g/mol. The number of β-amino-alcohol motifs (C(OH)–C–C–N with tert-alkyl or cyclic N) is 1. The van der Waals surface area contributed by atoms with Crippen molar-refractivity contribution in [2.75, 3.05) is 32.7 Å². The first-order valence-electron chi connectivity index (χ1n) is 5.28. The zero-order valence-corrected chi connectivity index (χ0v) is 9.03. The lowest BCUT2D eigenvalue weighted by Crippen LogP contribution is -2.52. The van der Waals surface area contributed by atoms with Gasteiger partial charge in [-0.05, 0) is 20.4 Å². The summed E-state index contributed by atoms with van der Waals surface area (Å²) in [6.45, 7) is 11.6. The molecule has 0 aromatic carbocycles. The fourth-order valence-corrected chi connectivity index (χ4v) is 2.08. The monoisotopic (exact) mass is 186 g/mol. The van der Waals surface area contributed by atoms with Gasteiger partial charge in [0.05, 0.1) is 6.10 Å². The fourth-order valence-electron chi connectivity index (χ4n) is 2.08. The lowest BCUT2D eigenvalue weighted by Gasteiger charge is -2.39. The van der Waals surface area contributed by atoms with Crippen molar-refractivity contribution >= 4 is 0 Å². The summed E-state index contributed by atoms with van der Waals surface area (Å²) >= 11 is 0. The summed E-state index contributed by atoms with van der Waals surface area (Å²) < 4.78 is 0. The maximum Gasteiger partial charge on any atom is 0.0639 e. The van der Waals surface area contributed by atoms with Gasteiger partial charge in [-0.2, -0.15) is 0 Å². The van der Waals surface area contributed by atoms with Crippen molar-refractivity contribution < 1.29 is 5.11 Å². The molecule has 0 amide bonds. The first-order chi connectivity index (χ1) is 6.13. The number of aliphatic hydroxyl groups excluding tert-OH is 1. The van der Waals surface area contributed by atoms with Crippen molar-refractivity contribution in [3.63, 3.8) is 0 Å². The molecule has 1 aliphatic heterocycles. The molecule has 0 bridgehead atoms. The highest BCUT2D eigenvalue weighted by Crippen LogP contribution is 2.08. The van der Waals surface area contributed by atoms with E-state index in [9.17, 15) is 5.11 Å². The molecular formula is C10H22N2O. The average Bonchev–Trinajstić information content (AvgIpc) is 2.03. The minimum atomic E-state index is -0.194. The van der Waals surface area contributed by atoms with E-state index in [4.69, 9.17) is 0 Å². The summed E-state index contributed by atoms with van der Waals surface area (Å²) in [4.78, 5) is 4.83. The van der Waals surface area contributed by atoms with Crippen LogP contribution in [0, 0.1) is 0 Å². The van der Waals surface area contributed by atoms with Gasteiger partial charge in [-0.3, -0.25) is 9.80 Å². The van der Waals surface area contributed by atoms with Gasteiger partial charge in [0, 0.05) is 32.2 Å². The van der Waals surface area contributed by atoms with Crippen LogP contribution in [0.1, 0.15) is 20.8 Å². The molecule has 1 N–H and O–H groups in total. The number of nitrogens with zero attached hydrogens (tertiary/aromatic N) is 2. The van der Waals surface area contributed by atoms with Crippen LogP contribution in [0.3, 0.4) is 0 Å². The standard InChI is InChI=1S/C10H22N2O/c1-4-12-6-5-11(7-9(12)2)8-10(3)13/h9-10,13H,4-8H2,1-3H3. The van der Waals surface area contributed by atoms with Crippen LogP contribution in [-0.2, 0) is 0 Å². The second-order valence-electron chi connectivity index (χ2n) is 4.09. The fraction of sp³-hybridized carbons (Fsp3) is 1.00. The predicted octanol–water partition coefficient (Wildman–Crippen LogP) is 0.393. The van der Waals surface area contributed by atoms with Crippen molar-refractivity contribution in [3.05, 3.63) is 0 Å². The van der Waals surface area contributed by atoms with Gasteiger partial charge in [-0.25, -0.2) is 0 Å². The highest BCUT2D eigenvalue weighted by molar-refractivity contribution is 4.78. The quantitative estimate of drug-likeness (QED) is 0.691. The van der Waals surface area contributed by atoms with E-state index >= 15 is 0 Å². The van der Waals surface area contributed by atoms with Gasteiger partial charge in [0.1, 0.15) is 0 Å². The molecule has 1 fully saturated rings. The Morgan fingerprint density at radius 3 is 2.62 bits per heavy atom. The Morgan fingerprint density at radius 2 is 2.15 bits per heavy atom. The Balaban J connectivity index is 2.32. The largest absolute Gasteiger partial charge is 0.392 e. The van der Waals surface area contributed by atoms with Gasteiger partial charge in [0.2, 0.25) is 0 Å². The first kappa shape index (κ1) is 11.0. The Kier molecular flexibility index (Phi) is 4.16. The van der Waals surface area contributed by atoms with E-state index in [0.29, 0.717) is 6.04 Å². The van der Waals surface area contributed by atoms with Crippen LogP contribution in [0.4, 0.5) is 0 Å². The topological polar surface area (TPSA) is 26.7 Å². The molecular weight excluding hydrogens is 164 g/mol. The molecule has 0 aromatic heterocycles. The molecule has 13 heavy (non-hydrogen) atoms. The predicted molar refractivity (Wildman–Crippen MR) is 54.8 cm³/mol. The SMILES string of the molecule is CCN1CCN(CC(C)O)CC1C. The Bertz CT molecular complexity index is 150. The maximum atomic E-state index is 9.26. The van der Waals surface area contributed by atoms with Crippen molar-refractivity contribution in [1.29, 1.82) is 0 Å². The second-order valence-corrected chi connectivity index (χ2v) is 4.09. The number of hydrogen-bond donors (Lipinski definition) is 1. The molecule has 2 unspecified atom stereocenters. The summed E-state index contributed by atoms with van der Waals surface area (Å²) in [5.41, 5.74) is 0. The van der Waals surface area contributed by atoms with E-state index < -0.39 is 0 Å². The second kappa shape index (κ2) is 4.94. The zero-order chi connectivity index (χ0) is 9.84. The van der Waals surface area contributed by atoms with Crippen LogP contribution in [0.15, 0.2) is 0 Å². The summed E-state index contributed by atoms with van der Waals surface area (Å²) in [5.74, 6) is 0. The Morgan fingerprint density at radius 1 is 1.46 bits per heavy atom. The third kappa shape index (κ3) is 3.25. The lowest BCUT2D eigenvalue weighted by molar-refractivity contribution is 0.0539. The third-order valence-electron chi connectivity index (χ3n) is 2.78. The Labute approximate surface area is 81.3 Å². The van der Waals surface area contributed by atoms with Crippen LogP contribution in [-0.4, -0.2) is 59.8 Å². The van der Waals surface area contributed by atoms with Gasteiger partial charge in [-0.15, -0.1) is 0 Å². The van der Waals surface area contributed by atoms with Gasteiger partial charge in [0.25, 0.3) is 0 Å². The lowest BCUT2D eigenvalue weighted by atomic mass is 10.2. The van der Waals surface area contributed by atoms with Crippen molar-refractivity contribution in [2.24, 2.45) is 0 Å². The van der Waals surface area contributed by atoms with Crippen LogP contribution >= 0.6 is 0 Å². The van der Waals surface area contributed by atoms with Gasteiger partial charge < -0.3 is 5.11 Å². The molecule has 3 heteroatoms. The summed E-state index contributed by atoms with van der Waals surface area (Å²) in [6.07, 6.45) is -0.194. The molecule has 1 aliphatic rings. The molecule has 0 saturated carbocycles. The van der Waals surface area contributed by atoms with E-state index in [0.717, 1.165) is 32.7 Å². The molecule has 0 aliphatic carbocycles. The van der Waals surface area contributed by atoms with Gasteiger partial charge in [0.15, 0.2) is 0 Å². The molecule has 0 radical (unpaired) electrons. The van der Waals surface area contributed by atoms with Crippen molar-refractivity contribution in [1.82, 2.24) is 9.80 Å². The molecule has 1 rings (SSSR count). The summed E-state index contributed by atoms with van der Waals surface area (Å²) in [7, 11) is 0. The number of aliphatic hydroxyl groups is 1. The highest BCUT2D eigenvalue weighted by atomic mass is 16.3. The maximum absolute atomic E-state index is 9.26. The smallest absolute Gasteiger partial charge is 0.0639 e. The third-order valence-corrected chi connectivity index (χ3v) is 2.78. The van der Waals surface area contributed by atoms with Crippen molar-refractivity contribution in [2.45, 2.75) is 32.9 Å². The number of likely N-dealkylation sites (N-methyl/N-ethyl adjacent to an activating group) is 1. The first-order valence-corrected chi connectivity index (χ1v) is 5.28. The normalized spacial score (nSPS) is 29.1. The van der Waals surface area contributed by atoms with Crippen LogP contribution in [0.5, 0.6) is 0 Å². The Hall–Kier alpha value is -0.120. The van der Waals surface area contributed by atoms with Gasteiger partial charge >= 0.3 is 0 Å². The van der Waals surface area contributed by atoms with Crippen LogP contribution in [0.2, 0.25) is 0 Å². The molecule has 78 valence electrons. The summed E-state index contributed by atoms with van der Waals surface area (Å²) in [5, 5.41) is 9.26. The van der Waals surface area contributed by atoms with E-state index in [-0.39, 0.29) is 6.10 Å². The molecule has 1 saturated heterocycles.